The molecule has 0 aliphatic carbocycles. The van der Waals surface area contributed by atoms with Gasteiger partial charge in [-0.25, -0.2) is 4.98 Å². The predicted molar refractivity (Wildman–Crippen MR) is 88.9 cm³/mol. The van der Waals surface area contributed by atoms with Crippen molar-refractivity contribution in [1.29, 1.82) is 0 Å². The SMILES string of the molecule is COc1ccc2oc(CNC(=O)c3cc(CC(C)C)[nH]n3)nc2c1. The van der Waals surface area contributed by atoms with Crippen LogP contribution >= 0.6 is 0 Å². The van der Waals surface area contributed by atoms with Crippen molar-refractivity contribution >= 4 is 17.0 Å². The van der Waals surface area contributed by atoms with Crippen LogP contribution in [0.2, 0.25) is 0 Å². The standard InChI is InChI=1S/C17H20N4O3/c1-10(2)6-11-7-14(21-20-11)17(22)18-9-16-19-13-8-12(23-3)4-5-15(13)24-16/h4-5,7-8,10H,6,9H2,1-3H3,(H,18,22)(H,20,21). The first kappa shape index (κ1) is 16.0. The molecule has 2 aromatic heterocycles. The van der Waals surface area contributed by atoms with Crippen LogP contribution in [0, 0.1) is 5.92 Å². The van der Waals surface area contributed by atoms with Crippen molar-refractivity contribution in [2.24, 2.45) is 5.92 Å². The highest BCUT2D eigenvalue weighted by atomic mass is 16.5. The van der Waals surface area contributed by atoms with Crippen molar-refractivity contribution in [2.75, 3.05) is 7.11 Å². The first-order chi connectivity index (χ1) is 11.5. The van der Waals surface area contributed by atoms with Crippen LogP contribution in [0.25, 0.3) is 11.1 Å². The van der Waals surface area contributed by atoms with Gasteiger partial charge in [0.05, 0.1) is 13.7 Å². The molecule has 0 spiro atoms. The van der Waals surface area contributed by atoms with E-state index in [1.54, 1.807) is 31.4 Å². The van der Waals surface area contributed by atoms with Crippen molar-refractivity contribution in [2.45, 2.75) is 26.8 Å². The molecular weight excluding hydrogens is 308 g/mol. The fraction of sp³-hybridized carbons (Fsp3) is 0.353. The molecule has 24 heavy (non-hydrogen) atoms. The highest BCUT2D eigenvalue weighted by Crippen LogP contribution is 2.21. The zero-order chi connectivity index (χ0) is 17.1. The minimum Gasteiger partial charge on any atom is -0.497 e. The number of fused-ring (bicyclic) bond motifs is 1. The van der Waals surface area contributed by atoms with Crippen LogP contribution < -0.4 is 10.1 Å². The van der Waals surface area contributed by atoms with Gasteiger partial charge in [0.15, 0.2) is 5.58 Å². The second-order valence-corrected chi connectivity index (χ2v) is 6.00. The van der Waals surface area contributed by atoms with Crippen LogP contribution in [0.5, 0.6) is 5.75 Å². The van der Waals surface area contributed by atoms with Gasteiger partial charge in [-0.1, -0.05) is 13.8 Å². The molecule has 0 atom stereocenters. The van der Waals surface area contributed by atoms with Crippen LogP contribution in [0.1, 0.15) is 35.9 Å². The molecule has 1 amide bonds. The number of rotatable bonds is 6. The Bertz CT molecular complexity index is 851. The van der Waals surface area contributed by atoms with Gasteiger partial charge in [0.25, 0.3) is 5.91 Å². The van der Waals surface area contributed by atoms with Crippen LogP contribution in [0.4, 0.5) is 0 Å². The zero-order valence-corrected chi connectivity index (χ0v) is 13.9. The van der Waals surface area contributed by atoms with Crippen LogP contribution in [-0.4, -0.2) is 28.2 Å². The predicted octanol–water partition coefficient (Wildman–Crippen LogP) is 2.69. The normalized spacial score (nSPS) is 11.2. The van der Waals surface area contributed by atoms with Gasteiger partial charge in [-0.05, 0) is 30.5 Å². The number of carbonyl (C=O) groups is 1. The number of oxazole rings is 1. The third-order valence-electron chi connectivity index (χ3n) is 3.53. The van der Waals surface area contributed by atoms with Crippen molar-refractivity contribution in [3.8, 4) is 5.75 Å². The third kappa shape index (κ3) is 3.56. The third-order valence-corrected chi connectivity index (χ3v) is 3.53. The van der Waals surface area contributed by atoms with Crippen LogP contribution in [0.3, 0.4) is 0 Å². The van der Waals surface area contributed by atoms with Crippen molar-refractivity contribution in [3.05, 3.63) is 41.5 Å². The smallest absolute Gasteiger partial charge is 0.272 e. The van der Waals surface area contributed by atoms with Crippen LogP contribution in [0.15, 0.2) is 28.7 Å². The fourth-order valence-corrected chi connectivity index (χ4v) is 2.43. The number of ether oxygens (including phenoxy) is 1. The summed E-state index contributed by atoms with van der Waals surface area (Å²) in [6.07, 6.45) is 0.854. The highest BCUT2D eigenvalue weighted by Gasteiger charge is 2.13. The number of H-pyrrole nitrogens is 1. The lowest BCUT2D eigenvalue weighted by Crippen LogP contribution is -2.23. The molecule has 7 heteroatoms. The van der Waals surface area contributed by atoms with Gasteiger partial charge >= 0.3 is 0 Å². The Morgan fingerprint density at radius 1 is 1.38 bits per heavy atom. The molecule has 1 aromatic carbocycles. The minimum atomic E-state index is -0.263. The fourth-order valence-electron chi connectivity index (χ4n) is 2.43. The van der Waals surface area contributed by atoms with E-state index in [0.29, 0.717) is 34.4 Å². The van der Waals surface area contributed by atoms with Gasteiger partial charge in [0.2, 0.25) is 5.89 Å². The number of methoxy groups -OCH3 is 1. The zero-order valence-electron chi connectivity index (χ0n) is 13.9. The topological polar surface area (TPSA) is 93.0 Å². The van der Waals surface area contributed by atoms with Crippen molar-refractivity contribution in [3.63, 3.8) is 0 Å². The second kappa shape index (κ2) is 6.74. The van der Waals surface area contributed by atoms with Crippen molar-refractivity contribution in [1.82, 2.24) is 20.5 Å². The lowest BCUT2D eigenvalue weighted by molar-refractivity contribution is 0.0942. The molecular formula is C17H20N4O3. The quantitative estimate of drug-likeness (QED) is 0.725. The first-order valence-corrected chi connectivity index (χ1v) is 7.81. The molecule has 0 saturated carbocycles. The number of amides is 1. The Labute approximate surface area is 139 Å². The molecule has 0 aliphatic rings. The van der Waals surface area contributed by atoms with E-state index in [4.69, 9.17) is 9.15 Å². The number of aromatic amines is 1. The molecule has 7 nitrogen and oxygen atoms in total. The molecule has 2 N–H and O–H groups in total. The summed E-state index contributed by atoms with van der Waals surface area (Å²) in [7, 11) is 1.60. The summed E-state index contributed by atoms with van der Waals surface area (Å²) in [5, 5.41) is 9.69. The van der Waals surface area contributed by atoms with E-state index in [1.165, 1.54) is 0 Å². The maximum absolute atomic E-state index is 12.1. The van der Waals surface area contributed by atoms with Gasteiger partial charge in [0, 0.05) is 11.8 Å². The molecule has 2 heterocycles. The maximum atomic E-state index is 12.1. The first-order valence-electron chi connectivity index (χ1n) is 7.81. The Hall–Kier alpha value is -2.83. The highest BCUT2D eigenvalue weighted by molar-refractivity contribution is 5.92. The Morgan fingerprint density at radius 2 is 2.21 bits per heavy atom. The van der Waals surface area contributed by atoms with E-state index in [0.717, 1.165) is 12.1 Å². The molecule has 126 valence electrons. The molecule has 0 bridgehead atoms. The number of benzene rings is 1. The average Bonchev–Trinajstić information content (AvgIpc) is 3.17. The van der Waals surface area contributed by atoms with E-state index in [-0.39, 0.29) is 12.5 Å². The second-order valence-electron chi connectivity index (χ2n) is 6.00. The summed E-state index contributed by atoms with van der Waals surface area (Å²) in [5.74, 6) is 1.38. The number of hydrogen-bond donors (Lipinski definition) is 2. The Morgan fingerprint density at radius 3 is 2.96 bits per heavy atom. The molecule has 0 unspecified atom stereocenters. The summed E-state index contributed by atoms with van der Waals surface area (Å²) < 4.78 is 10.8. The van der Waals surface area contributed by atoms with E-state index >= 15 is 0 Å². The monoisotopic (exact) mass is 328 g/mol. The van der Waals surface area contributed by atoms with Gasteiger partial charge in [0.1, 0.15) is 17.0 Å². The minimum absolute atomic E-state index is 0.197. The summed E-state index contributed by atoms with van der Waals surface area (Å²) in [6.45, 7) is 4.42. The molecule has 0 saturated heterocycles. The Balaban J connectivity index is 1.64. The van der Waals surface area contributed by atoms with Gasteiger partial charge < -0.3 is 14.5 Å². The van der Waals surface area contributed by atoms with E-state index < -0.39 is 0 Å². The Kier molecular flexibility index (Phi) is 4.50. The number of carbonyl (C=O) groups excluding carboxylic acids is 1. The maximum Gasteiger partial charge on any atom is 0.272 e. The van der Waals surface area contributed by atoms with Gasteiger partial charge in [-0.2, -0.15) is 5.10 Å². The lowest BCUT2D eigenvalue weighted by Gasteiger charge is -1.99. The molecule has 3 rings (SSSR count). The lowest BCUT2D eigenvalue weighted by atomic mass is 10.1. The average molecular weight is 328 g/mol. The summed E-state index contributed by atoms with van der Waals surface area (Å²) in [5.41, 5.74) is 2.66. The summed E-state index contributed by atoms with van der Waals surface area (Å²) in [4.78, 5) is 16.5. The largest absolute Gasteiger partial charge is 0.497 e. The van der Waals surface area contributed by atoms with Gasteiger partial charge in [-0.15, -0.1) is 0 Å². The molecule has 0 aliphatic heterocycles. The number of nitrogens with one attached hydrogen (secondary N) is 2. The van der Waals surface area contributed by atoms with Gasteiger partial charge in [-0.3, -0.25) is 9.89 Å². The summed E-state index contributed by atoms with van der Waals surface area (Å²) in [6, 6.07) is 7.15. The van der Waals surface area contributed by atoms with E-state index in [2.05, 4.69) is 34.3 Å². The number of aromatic nitrogens is 3. The van der Waals surface area contributed by atoms with Crippen molar-refractivity contribution < 1.29 is 13.9 Å². The molecule has 0 radical (unpaired) electrons. The van der Waals surface area contributed by atoms with E-state index in [9.17, 15) is 4.79 Å². The van der Waals surface area contributed by atoms with E-state index in [1.807, 2.05) is 0 Å². The molecule has 0 fully saturated rings. The number of hydrogen-bond acceptors (Lipinski definition) is 5. The number of nitrogens with zero attached hydrogens (tertiary/aromatic N) is 2. The molecule has 3 aromatic rings. The van der Waals surface area contributed by atoms with Crippen LogP contribution in [-0.2, 0) is 13.0 Å². The summed E-state index contributed by atoms with van der Waals surface area (Å²) >= 11 is 0.